The van der Waals surface area contributed by atoms with E-state index in [0.29, 0.717) is 12.5 Å². The summed E-state index contributed by atoms with van der Waals surface area (Å²) in [6.07, 6.45) is 0.785. The Kier molecular flexibility index (Phi) is 6.88. The zero-order valence-corrected chi connectivity index (χ0v) is 14.5. The van der Waals surface area contributed by atoms with Gasteiger partial charge >= 0.3 is 0 Å². The SMILES string of the molecule is CC(C)COc1ccc(CCNC(=O)[C@@H](N)C(C)(C)C)cc1. The molecule has 1 aromatic carbocycles. The molecule has 0 aliphatic carbocycles. The summed E-state index contributed by atoms with van der Waals surface area (Å²) in [5.74, 6) is 1.31. The molecule has 0 bridgehead atoms. The molecule has 0 saturated carbocycles. The zero-order valence-electron chi connectivity index (χ0n) is 14.5. The first-order chi connectivity index (χ1) is 10.2. The quantitative estimate of drug-likeness (QED) is 0.814. The first-order valence-electron chi connectivity index (χ1n) is 7.95. The van der Waals surface area contributed by atoms with Gasteiger partial charge in [-0.05, 0) is 35.4 Å². The number of carbonyl (C=O) groups is 1. The summed E-state index contributed by atoms with van der Waals surface area (Å²) in [5, 5.41) is 2.90. The molecule has 1 amide bonds. The van der Waals surface area contributed by atoms with Crippen LogP contribution < -0.4 is 15.8 Å². The Morgan fingerprint density at radius 3 is 2.32 bits per heavy atom. The summed E-state index contributed by atoms with van der Waals surface area (Å²) in [6, 6.07) is 7.53. The molecule has 4 nitrogen and oxygen atoms in total. The van der Waals surface area contributed by atoms with Crippen LogP contribution in [0.25, 0.3) is 0 Å². The van der Waals surface area contributed by atoms with Crippen LogP contribution in [-0.2, 0) is 11.2 Å². The highest BCUT2D eigenvalue weighted by Crippen LogP contribution is 2.17. The third-order valence-corrected chi connectivity index (χ3v) is 3.44. The molecule has 1 atom stereocenters. The number of ether oxygens (including phenoxy) is 1. The third kappa shape index (κ3) is 6.48. The van der Waals surface area contributed by atoms with E-state index in [-0.39, 0.29) is 11.3 Å². The van der Waals surface area contributed by atoms with Gasteiger partial charge in [0.15, 0.2) is 0 Å². The van der Waals surface area contributed by atoms with E-state index < -0.39 is 6.04 Å². The van der Waals surface area contributed by atoms with Gasteiger partial charge in [-0.25, -0.2) is 0 Å². The predicted molar refractivity (Wildman–Crippen MR) is 90.9 cm³/mol. The fourth-order valence-electron chi connectivity index (χ4n) is 1.85. The molecule has 0 aliphatic rings. The predicted octanol–water partition coefficient (Wildman–Crippen LogP) is 2.75. The van der Waals surface area contributed by atoms with Gasteiger partial charge in [-0.15, -0.1) is 0 Å². The van der Waals surface area contributed by atoms with Crippen molar-refractivity contribution in [3.05, 3.63) is 29.8 Å². The molecule has 22 heavy (non-hydrogen) atoms. The van der Waals surface area contributed by atoms with Crippen molar-refractivity contribution in [3.63, 3.8) is 0 Å². The fraction of sp³-hybridized carbons (Fsp3) is 0.611. The highest BCUT2D eigenvalue weighted by molar-refractivity contribution is 5.82. The monoisotopic (exact) mass is 306 g/mol. The Bertz CT molecular complexity index is 461. The third-order valence-electron chi connectivity index (χ3n) is 3.44. The Hall–Kier alpha value is -1.55. The van der Waals surface area contributed by atoms with E-state index in [2.05, 4.69) is 19.2 Å². The average molecular weight is 306 g/mol. The van der Waals surface area contributed by atoms with Crippen LogP contribution in [0.15, 0.2) is 24.3 Å². The molecule has 0 saturated heterocycles. The van der Waals surface area contributed by atoms with Gasteiger partial charge in [0, 0.05) is 6.54 Å². The second-order valence-corrected chi connectivity index (χ2v) is 7.23. The fourth-order valence-corrected chi connectivity index (χ4v) is 1.85. The lowest BCUT2D eigenvalue weighted by Gasteiger charge is -2.25. The van der Waals surface area contributed by atoms with E-state index in [1.807, 2.05) is 45.0 Å². The molecule has 0 unspecified atom stereocenters. The summed E-state index contributed by atoms with van der Waals surface area (Å²) in [6.45, 7) is 11.5. The summed E-state index contributed by atoms with van der Waals surface area (Å²) in [7, 11) is 0. The minimum atomic E-state index is -0.487. The number of carbonyl (C=O) groups excluding carboxylic acids is 1. The average Bonchev–Trinajstić information content (AvgIpc) is 2.44. The largest absolute Gasteiger partial charge is 0.493 e. The molecule has 0 radical (unpaired) electrons. The number of nitrogens with two attached hydrogens (primary N) is 1. The minimum absolute atomic E-state index is 0.0932. The van der Waals surface area contributed by atoms with E-state index in [1.54, 1.807) is 0 Å². The highest BCUT2D eigenvalue weighted by atomic mass is 16.5. The molecule has 124 valence electrons. The topological polar surface area (TPSA) is 64.3 Å². The number of hydrogen-bond donors (Lipinski definition) is 2. The van der Waals surface area contributed by atoms with Gasteiger partial charge in [0.25, 0.3) is 0 Å². The second kappa shape index (κ2) is 8.18. The maximum Gasteiger partial charge on any atom is 0.237 e. The van der Waals surface area contributed by atoms with E-state index >= 15 is 0 Å². The first-order valence-corrected chi connectivity index (χ1v) is 7.95. The summed E-state index contributed by atoms with van der Waals surface area (Å²) in [4.78, 5) is 11.9. The van der Waals surface area contributed by atoms with Crippen LogP contribution >= 0.6 is 0 Å². The lowest BCUT2D eigenvalue weighted by Crippen LogP contribution is -2.48. The van der Waals surface area contributed by atoms with Crippen LogP contribution in [0.3, 0.4) is 0 Å². The number of rotatable bonds is 7. The molecule has 3 N–H and O–H groups in total. The highest BCUT2D eigenvalue weighted by Gasteiger charge is 2.26. The van der Waals surface area contributed by atoms with E-state index in [9.17, 15) is 4.79 Å². The van der Waals surface area contributed by atoms with Gasteiger partial charge in [-0.3, -0.25) is 4.79 Å². The van der Waals surface area contributed by atoms with Gasteiger partial charge in [-0.1, -0.05) is 46.8 Å². The van der Waals surface area contributed by atoms with Crippen LogP contribution in [0.4, 0.5) is 0 Å². The minimum Gasteiger partial charge on any atom is -0.493 e. The van der Waals surface area contributed by atoms with Crippen molar-refractivity contribution in [2.45, 2.75) is 47.1 Å². The van der Waals surface area contributed by atoms with Crippen LogP contribution in [0, 0.1) is 11.3 Å². The molecule has 1 rings (SSSR count). The maximum atomic E-state index is 11.9. The first kappa shape index (κ1) is 18.5. The van der Waals surface area contributed by atoms with Gasteiger partial charge in [0.2, 0.25) is 5.91 Å². The van der Waals surface area contributed by atoms with Gasteiger partial charge in [0.1, 0.15) is 5.75 Å². The number of benzene rings is 1. The maximum absolute atomic E-state index is 11.9. The zero-order chi connectivity index (χ0) is 16.8. The molecule has 0 aliphatic heterocycles. The number of hydrogen-bond acceptors (Lipinski definition) is 3. The molecule has 0 heterocycles. The van der Waals surface area contributed by atoms with Crippen molar-refractivity contribution in [1.82, 2.24) is 5.32 Å². The molecule has 1 aromatic rings. The van der Waals surface area contributed by atoms with Crippen LogP contribution in [0.5, 0.6) is 5.75 Å². The molecular formula is C18H30N2O2. The lowest BCUT2D eigenvalue weighted by molar-refractivity contribution is -0.124. The van der Waals surface area contributed by atoms with Crippen molar-refractivity contribution in [3.8, 4) is 5.75 Å². The standard InChI is InChI=1S/C18H30N2O2/c1-13(2)12-22-15-8-6-14(7-9-15)10-11-20-17(21)16(19)18(3,4)5/h6-9,13,16H,10-12,19H2,1-5H3,(H,20,21)/t16-/m1/s1. The van der Waals surface area contributed by atoms with Crippen LogP contribution in [0.1, 0.15) is 40.2 Å². The van der Waals surface area contributed by atoms with E-state index in [0.717, 1.165) is 18.8 Å². The normalized spacial score (nSPS) is 13.0. The van der Waals surface area contributed by atoms with Gasteiger partial charge in [-0.2, -0.15) is 0 Å². The molecular weight excluding hydrogens is 276 g/mol. The Labute approximate surface area is 134 Å². The van der Waals surface area contributed by atoms with Crippen molar-refractivity contribution >= 4 is 5.91 Å². The van der Waals surface area contributed by atoms with Crippen LogP contribution in [-0.4, -0.2) is 25.1 Å². The van der Waals surface area contributed by atoms with Crippen LogP contribution in [0.2, 0.25) is 0 Å². The van der Waals surface area contributed by atoms with E-state index in [1.165, 1.54) is 5.56 Å². The summed E-state index contributed by atoms with van der Waals surface area (Å²) < 4.78 is 5.65. The van der Waals surface area contributed by atoms with Crippen molar-refractivity contribution < 1.29 is 9.53 Å². The van der Waals surface area contributed by atoms with Crippen molar-refractivity contribution in [2.75, 3.05) is 13.2 Å². The van der Waals surface area contributed by atoms with E-state index in [4.69, 9.17) is 10.5 Å². The summed E-state index contributed by atoms with van der Waals surface area (Å²) in [5.41, 5.74) is 6.87. The Balaban J connectivity index is 2.38. The Morgan fingerprint density at radius 2 is 1.82 bits per heavy atom. The lowest BCUT2D eigenvalue weighted by atomic mass is 9.87. The number of nitrogens with one attached hydrogen (secondary N) is 1. The molecule has 0 aromatic heterocycles. The summed E-state index contributed by atoms with van der Waals surface area (Å²) >= 11 is 0. The molecule has 4 heteroatoms. The smallest absolute Gasteiger partial charge is 0.237 e. The van der Waals surface area contributed by atoms with Crippen molar-refractivity contribution in [1.29, 1.82) is 0 Å². The molecule has 0 spiro atoms. The molecule has 0 fully saturated rings. The van der Waals surface area contributed by atoms with Gasteiger partial charge in [0.05, 0.1) is 12.6 Å². The second-order valence-electron chi connectivity index (χ2n) is 7.23. The van der Waals surface area contributed by atoms with Crippen molar-refractivity contribution in [2.24, 2.45) is 17.1 Å². The Morgan fingerprint density at radius 1 is 1.23 bits per heavy atom. The van der Waals surface area contributed by atoms with Gasteiger partial charge < -0.3 is 15.8 Å². The number of amides is 1.